The first-order valence-corrected chi connectivity index (χ1v) is 15.2. The van der Waals surface area contributed by atoms with Gasteiger partial charge >= 0.3 is 17.9 Å². The van der Waals surface area contributed by atoms with Gasteiger partial charge in [-0.3, -0.25) is 19.2 Å². The molecule has 0 spiro atoms. The largest absolute Gasteiger partial charge is 0.480 e. The van der Waals surface area contributed by atoms with Crippen LogP contribution in [0.25, 0.3) is 0 Å². The predicted octanol–water partition coefficient (Wildman–Crippen LogP) is 1.42. The number of hydrogen-bond acceptors (Lipinski definition) is 9. The Morgan fingerprint density at radius 2 is 1.85 bits per heavy atom. The molecule has 12 nitrogen and oxygen atoms in total. The summed E-state index contributed by atoms with van der Waals surface area (Å²) < 4.78 is 5.45. The van der Waals surface area contributed by atoms with E-state index in [9.17, 15) is 29.1 Å². The van der Waals surface area contributed by atoms with Gasteiger partial charge in [0, 0.05) is 12.2 Å². The van der Waals surface area contributed by atoms with Crippen LogP contribution in [0.3, 0.4) is 0 Å². The lowest BCUT2D eigenvalue weighted by Crippen LogP contribution is -2.54. The van der Waals surface area contributed by atoms with E-state index in [0.29, 0.717) is 5.76 Å². The minimum absolute atomic E-state index is 0.0101. The van der Waals surface area contributed by atoms with Crippen LogP contribution in [0.1, 0.15) is 71.1 Å². The molecule has 2 amide bonds. The molecular weight excluding hydrogens is 554 g/mol. The van der Waals surface area contributed by atoms with Gasteiger partial charge in [0.1, 0.15) is 23.8 Å². The zero-order valence-corrected chi connectivity index (χ0v) is 23.9. The molecule has 3 aliphatic carbocycles. The van der Waals surface area contributed by atoms with E-state index in [2.05, 4.69) is 12.2 Å². The third-order valence-corrected chi connectivity index (χ3v) is 11.0. The maximum atomic E-state index is 13.1. The smallest absolute Gasteiger partial charge is 0.353 e. The minimum Gasteiger partial charge on any atom is -0.480 e. The Labute approximate surface area is 242 Å². The molecule has 0 bridgehead atoms. The topological polar surface area (TPSA) is 205 Å². The number of rotatable bonds is 13. The number of aliphatic hydroxyl groups excluding tert-OH is 1. The number of carbonyl (C=O) groups is 5. The van der Waals surface area contributed by atoms with Crippen molar-refractivity contribution in [1.82, 2.24) is 10.6 Å². The van der Waals surface area contributed by atoms with Crippen molar-refractivity contribution >= 4 is 41.5 Å². The van der Waals surface area contributed by atoms with Crippen LogP contribution in [0.5, 0.6) is 0 Å². The Hall–Kier alpha value is -2.90. The van der Waals surface area contributed by atoms with Crippen LogP contribution in [0.2, 0.25) is 0 Å². The molecule has 0 saturated heterocycles. The van der Waals surface area contributed by atoms with Crippen LogP contribution in [0, 0.1) is 17.3 Å². The van der Waals surface area contributed by atoms with E-state index in [1.807, 2.05) is 17.5 Å². The van der Waals surface area contributed by atoms with Gasteiger partial charge in [-0.15, -0.1) is 11.8 Å². The summed E-state index contributed by atoms with van der Waals surface area (Å²) in [5.41, 5.74) is 6.33. The molecule has 226 valence electrons. The molecule has 1 heterocycles. The van der Waals surface area contributed by atoms with Gasteiger partial charge in [0.25, 0.3) is 0 Å². The first-order valence-electron chi connectivity index (χ1n) is 14.2. The maximum absolute atomic E-state index is 13.1. The van der Waals surface area contributed by atoms with Crippen LogP contribution in [0.4, 0.5) is 0 Å². The molecule has 0 aromatic carbocycles. The molecule has 0 aromatic rings. The molecular formula is C28H39N3O9S. The van der Waals surface area contributed by atoms with Gasteiger partial charge in [0.05, 0.1) is 4.75 Å². The second kappa shape index (κ2) is 12.5. The summed E-state index contributed by atoms with van der Waals surface area (Å²) in [5, 5.41) is 32.5. The molecule has 1 aliphatic heterocycles. The van der Waals surface area contributed by atoms with Crippen LogP contribution in [-0.2, 0) is 28.7 Å². The number of carbonyl (C=O) groups excluding carboxylic acids is 3. The van der Waals surface area contributed by atoms with Gasteiger partial charge in [-0.2, -0.15) is 0 Å². The second-order valence-electron chi connectivity index (χ2n) is 11.4. The quantitative estimate of drug-likeness (QED) is 0.102. The number of carboxylic acids is 2. The first kappa shape index (κ1) is 31.0. The number of aliphatic carboxylic acids is 2. The normalized spacial score (nSPS) is 28.3. The lowest BCUT2D eigenvalue weighted by atomic mass is 9.62. The number of esters is 1. The molecule has 0 unspecified atom stereocenters. The predicted molar refractivity (Wildman–Crippen MR) is 148 cm³/mol. The first-order chi connectivity index (χ1) is 19.4. The summed E-state index contributed by atoms with van der Waals surface area (Å²) in [4.78, 5) is 61.2. The third kappa shape index (κ3) is 6.02. The average Bonchev–Trinajstić information content (AvgIpc) is 3.57. The molecule has 13 heteroatoms. The van der Waals surface area contributed by atoms with Gasteiger partial charge < -0.3 is 36.4 Å². The molecule has 0 aromatic heterocycles. The number of aliphatic hydroxyl groups is 1. The Bertz CT molecular complexity index is 1150. The molecule has 6 atom stereocenters. The van der Waals surface area contributed by atoms with E-state index in [1.165, 1.54) is 11.8 Å². The van der Waals surface area contributed by atoms with Crippen molar-refractivity contribution in [2.24, 2.45) is 23.0 Å². The van der Waals surface area contributed by atoms with Gasteiger partial charge in [0.2, 0.25) is 18.0 Å². The number of carboxylic acid groups (broad SMARTS) is 2. The summed E-state index contributed by atoms with van der Waals surface area (Å²) in [5.74, 6) is -4.26. The highest BCUT2D eigenvalue weighted by molar-refractivity contribution is 8.01. The van der Waals surface area contributed by atoms with Crippen molar-refractivity contribution < 1.29 is 44.0 Å². The van der Waals surface area contributed by atoms with Crippen molar-refractivity contribution in [3.05, 3.63) is 23.5 Å². The van der Waals surface area contributed by atoms with E-state index >= 15 is 0 Å². The monoisotopic (exact) mass is 593 g/mol. The molecule has 1 fully saturated rings. The lowest BCUT2D eigenvalue weighted by molar-refractivity contribution is -0.151. The van der Waals surface area contributed by atoms with Crippen molar-refractivity contribution in [3.63, 3.8) is 0 Å². The lowest BCUT2D eigenvalue weighted by Gasteiger charge is -2.52. The minimum atomic E-state index is -2.18. The fourth-order valence-electron chi connectivity index (χ4n) is 6.97. The number of nitrogens with one attached hydrogen (secondary N) is 2. The van der Waals surface area contributed by atoms with E-state index in [1.54, 1.807) is 0 Å². The zero-order chi connectivity index (χ0) is 29.9. The highest BCUT2D eigenvalue weighted by Gasteiger charge is 2.61. The Balaban J connectivity index is 1.65. The fraction of sp³-hybridized carbons (Fsp3) is 0.679. The van der Waals surface area contributed by atoms with Crippen LogP contribution in [-0.4, -0.2) is 73.9 Å². The standard InChI is InChI=1S/C28H39N3O9S/c1-2-27(11-3-4-12-27)28(13-10-15-6-5-7-16-20(15)21(28)40-26(16)39)41-14-18(22(33)31-23(34)25(37)38)30-19(32)9-8-17(29)24(35)36/h5,7,15-18,23,34H,2-4,6,8-14,29H2,1H3,(H,30,32)(H,31,33)(H,35,36)(H,37,38)/t15-,16-,17+,18+,23+,28+/m1/s1. The Morgan fingerprint density at radius 3 is 2.49 bits per heavy atom. The summed E-state index contributed by atoms with van der Waals surface area (Å²) in [6.45, 7) is 2.13. The number of nitrogens with two attached hydrogens (primary N) is 1. The van der Waals surface area contributed by atoms with Crippen molar-refractivity contribution in [1.29, 1.82) is 0 Å². The van der Waals surface area contributed by atoms with Gasteiger partial charge in [0.15, 0.2) is 0 Å². The van der Waals surface area contributed by atoms with Crippen LogP contribution < -0.4 is 16.4 Å². The number of hydrogen-bond donors (Lipinski definition) is 6. The molecule has 1 saturated carbocycles. The highest BCUT2D eigenvalue weighted by atomic mass is 32.2. The summed E-state index contributed by atoms with van der Waals surface area (Å²) in [6, 6.07) is -2.51. The number of amides is 2. The maximum Gasteiger partial charge on any atom is 0.353 e. The molecule has 4 rings (SSSR count). The summed E-state index contributed by atoms with van der Waals surface area (Å²) in [6.07, 6.45) is 8.44. The summed E-state index contributed by atoms with van der Waals surface area (Å²) in [7, 11) is 0. The SMILES string of the molecule is CCC1([C@]2(SC[C@H](NC(=O)CC[C@H](N)C(=O)O)C(=O)N[C@@H](O)C(=O)O)CC[C@H]3CC=C[C@H]4C(=O)OC2=C34)CCCC1. The highest BCUT2D eigenvalue weighted by Crippen LogP contribution is 2.65. The number of allylic oxidation sites excluding steroid dienone is 1. The van der Waals surface area contributed by atoms with Crippen LogP contribution in [0.15, 0.2) is 23.5 Å². The number of thioether (sulfide) groups is 1. The number of ether oxygens (including phenoxy) is 1. The second-order valence-corrected chi connectivity index (χ2v) is 12.7. The molecule has 4 aliphatic rings. The van der Waals surface area contributed by atoms with E-state index in [4.69, 9.17) is 20.7 Å². The van der Waals surface area contributed by atoms with Gasteiger partial charge in [-0.1, -0.05) is 31.9 Å². The third-order valence-electron chi connectivity index (χ3n) is 9.21. The van der Waals surface area contributed by atoms with Crippen molar-refractivity contribution in [3.8, 4) is 0 Å². The van der Waals surface area contributed by atoms with E-state index in [-0.39, 0.29) is 35.9 Å². The Kier molecular flexibility index (Phi) is 9.49. The molecule has 0 radical (unpaired) electrons. The zero-order valence-electron chi connectivity index (χ0n) is 23.1. The molecule has 41 heavy (non-hydrogen) atoms. The average molecular weight is 594 g/mol. The fourth-order valence-corrected chi connectivity index (χ4v) is 8.87. The van der Waals surface area contributed by atoms with Crippen molar-refractivity contribution in [2.45, 2.75) is 94.2 Å². The Morgan fingerprint density at radius 1 is 1.15 bits per heavy atom. The van der Waals surface area contributed by atoms with E-state index < -0.39 is 52.7 Å². The van der Waals surface area contributed by atoms with Crippen molar-refractivity contribution in [2.75, 3.05) is 5.75 Å². The molecule has 7 N–H and O–H groups in total. The van der Waals surface area contributed by atoms with Gasteiger partial charge in [-0.05, 0) is 61.9 Å². The van der Waals surface area contributed by atoms with E-state index in [0.717, 1.165) is 56.9 Å². The van der Waals surface area contributed by atoms with Gasteiger partial charge in [-0.25, -0.2) is 4.79 Å². The summed E-state index contributed by atoms with van der Waals surface area (Å²) >= 11 is 1.44. The van der Waals surface area contributed by atoms with Crippen LogP contribution >= 0.6 is 11.8 Å².